The number of hydroxylamine groups is 2. The molecule has 0 bridgehead atoms. The van der Waals surface area contributed by atoms with Crippen molar-refractivity contribution < 1.29 is 14.7 Å². The molecule has 0 heterocycles. The van der Waals surface area contributed by atoms with Gasteiger partial charge in [-0.25, -0.2) is 9.86 Å². The Hall–Kier alpha value is -2.53. The summed E-state index contributed by atoms with van der Waals surface area (Å²) in [5.41, 5.74) is 2.40. The van der Waals surface area contributed by atoms with Crippen LogP contribution >= 0.6 is 0 Å². The molecule has 0 spiro atoms. The van der Waals surface area contributed by atoms with Crippen molar-refractivity contribution in [2.75, 3.05) is 20.2 Å². The van der Waals surface area contributed by atoms with Gasteiger partial charge in [0.15, 0.2) is 0 Å². The summed E-state index contributed by atoms with van der Waals surface area (Å²) in [6.45, 7) is 1.31. The molecule has 2 amide bonds. The van der Waals surface area contributed by atoms with E-state index in [9.17, 15) is 4.79 Å². The van der Waals surface area contributed by atoms with Gasteiger partial charge in [0, 0.05) is 13.6 Å². The maximum atomic E-state index is 11.1. The third kappa shape index (κ3) is 7.15. The topological polar surface area (TPSA) is 61.8 Å². The second kappa shape index (κ2) is 11.2. The molecule has 0 aliphatic carbocycles. The number of urea groups is 1. The average Bonchev–Trinajstić information content (AvgIpc) is 2.67. The summed E-state index contributed by atoms with van der Waals surface area (Å²) >= 11 is 0. The van der Waals surface area contributed by atoms with Gasteiger partial charge in [-0.2, -0.15) is 0 Å². The van der Waals surface area contributed by atoms with Gasteiger partial charge in [0.1, 0.15) is 5.75 Å². The Morgan fingerprint density at radius 3 is 2.23 bits per heavy atom. The number of benzene rings is 2. The number of hydrogen-bond donors (Lipinski definition) is 2. The van der Waals surface area contributed by atoms with E-state index in [0.717, 1.165) is 44.5 Å². The van der Waals surface area contributed by atoms with Crippen LogP contribution in [-0.4, -0.2) is 36.5 Å². The molecule has 0 aromatic heterocycles. The van der Waals surface area contributed by atoms with Gasteiger partial charge >= 0.3 is 6.03 Å². The molecule has 0 saturated heterocycles. The minimum atomic E-state index is -0.461. The predicted molar refractivity (Wildman–Crippen MR) is 103 cm³/mol. The maximum Gasteiger partial charge on any atom is 0.340 e. The van der Waals surface area contributed by atoms with Crippen LogP contribution in [0.25, 0.3) is 11.1 Å². The Morgan fingerprint density at radius 1 is 0.923 bits per heavy atom. The van der Waals surface area contributed by atoms with E-state index in [1.54, 1.807) is 0 Å². The van der Waals surface area contributed by atoms with Crippen molar-refractivity contribution in [3.63, 3.8) is 0 Å². The van der Waals surface area contributed by atoms with Crippen LogP contribution in [0.4, 0.5) is 4.79 Å². The predicted octanol–water partition coefficient (Wildman–Crippen LogP) is 4.71. The fraction of sp³-hybridized carbons (Fsp3) is 0.381. The van der Waals surface area contributed by atoms with Crippen molar-refractivity contribution in [3.8, 4) is 16.9 Å². The highest BCUT2D eigenvalue weighted by atomic mass is 16.5. The first kappa shape index (κ1) is 19.8. The second-order valence-electron chi connectivity index (χ2n) is 6.26. The largest absolute Gasteiger partial charge is 0.494 e. The van der Waals surface area contributed by atoms with Crippen LogP contribution in [0.2, 0.25) is 0 Å². The van der Waals surface area contributed by atoms with Crippen molar-refractivity contribution >= 4 is 6.03 Å². The van der Waals surface area contributed by atoms with Gasteiger partial charge < -0.3 is 10.1 Å². The van der Waals surface area contributed by atoms with Crippen molar-refractivity contribution in [1.82, 2.24) is 10.4 Å². The Balaban J connectivity index is 1.53. The quantitative estimate of drug-likeness (QED) is 0.368. The van der Waals surface area contributed by atoms with Crippen LogP contribution in [0, 0.1) is 0 Å². The molecule has 5 heteroatoms. The summed E-state index contributed by atoms with van der Waals surface area (Å²) in [5, 5.41) is 12.1. The van der Waals surface area contributed by atoms with Crippen LogP contribution in [0.15, 0.2) is 54.6 Å². The highest BCUT2D eigenvalue weighted by molar-refractivity contribution is 5.72. The molecule has 0 unspecified atom stereocenters. The first-order valence-corrected chi connectivity index (χ1v) is 9.15. The first-order valence-electron chi connectivity index (χ1n) is 9.15. The zero-order chi connectivity index (χ0) is 18.6. The van der Waals surface area contributed by atoms with Crippen molar-refractivity contribution in [2.45, 2.75) is 32.1 Å². The van der Waals surface area contributed by atoms with E-state index < -0.39 is 6.03 Å². The first-order chi connectivity index (χ1) is 12.7. The SMILES string of the molecule is CN(O)C(=O)NCCCCCCCOc1ccc(-c2ccccc2)cc1. The van der Waals surface area contributed by atoms with Gasteiger partial charge in [-0.1, -0.05) is 61.7 Å². The number of carbonyl (C=O) groups is 1. The Kier molecular flexibility index (Phi) is 8.49. The lowest BCUT2D eigenvalue weighted by Gasteiger charge is -2.10. The molecule has 2 aromatic rings. The van der Waals surface area contributed by atoms with Crippen molar-refractivity contribution in [2.24, 2.45) is 0 Å². The molecule has 0 aliphatic heterocycles. The zero-order valence-corrected chi connectivity index (χ0v) is 15.4. The van der Waals surface area contributed by atoms with Gasteiger partial charge in [-0.3, -0.25) is 5.21 Å². The van der Waals surface area contributed by atoms with E-state index in [4.69, 9.17) is 9.94 Å². The fourth-order valence-electron chi connectivity index (χ4n) is 2.63. The fourth-order valence-corrected chi connectivity index (χ4v) is 2.63. The molecule has 0 fully saturated rings. The van der Waals surface area contributed by atoms with E-state index in [2.05, 4.69) is 29.6 Å². The molecule has 5 nitrogen and oxygen atoms in total. The lowest BCUT2D eigenvalue weighted by molar-refractivity contribution is -0.0182. The molecule has 0 saturated carbocycles. The van der Waals surface area contributed by atoms with Crippen LogP contribution in [0.3, 0.4) is 0 Å². The van der Waals surface area contributed by atoms with Crippen LogP contribution in [-0.2, 0) is 0 Å². The third-order valence-electron chi connectivity index (χ3n) is 4.12. The molecule has 2 aromatic carbocycles. The Morgan fingerprint density at radius 2 is 1.54 bits per heavy atom. The average molecular weight is 356 g/mol. The normalized spacial score (nSPS) is 10.4. The summed E-state index contributed by atoms with van der Waals surface area (Å²) in [6, 6.07) is 18.0. The van der Waals surface area contributed by atoms with E-state index in [0.29, 0.717) is 11.6 Å². The number of hydrogen-bond acceptors (Lipinski definition) is 3. The molecule has 0 atom stereocenters. The summed E-state index contributed by atoms with van der Waals surface area (Å²) in [7, 11) is 1.31. The molecular weight excluding hydrogens is 328 g/mol. The second-order valence-corrected chi connectivity index (χ2v) is 6.26. The number of carbonyl (C=O) groups excluding carboxylic acids is 1. The summed E-state index contributed by atoms with van der Waals surface area (Å²) in [4.78, 5) is 11.1. The molecule has 0 radical (unpaired) electrons. The smallest absolute Gasteiger partial charge is 0.340 e. The number of nitrogens with zero attached hydrogens (tertiary/aromatic N) is 1. The van der Waals surface area contributed by atoms with Gasteiger partial charge in [-0.05, 0) is 36.1 Å². The molecule has 26 heavy (non-hydrogen) atoms. The molecule has 140 valence electrons. The Labute approximate surface area is 155 Å². The summed E-state index contributed by atoms with van der Waals surface area (Å²) in [6.07, 6.45) is 5.21. The van der Waals surface area contributed by atoms with Crippen molar-refractivity contribution in [3.05, 3.63) is 54.6 Å². The molecule has 0 aliphatic rings. The van der Waals surface area contributed by atoms with Gasteiger partial charge in [0.2, 0.25) is 0 Å². The molecule has 2 N–H and O–H groups in total. The number of amides is 2. The van der Waals surface area contributed by atoms with E-state index in [1.807, 2.05) is 30.3 Å². The number of ether oxygens (including phenoxy) is 1. The highest BCUT2D eigenvalue weighted by Gasteiger charge is 2.02. The number of nitrogens with one attached hydrogen (secondary N) is 1. The number of unbranched alkanes of at least 4 members (excludes halogenated alkanes) is 4. The standard InChI is InChI=1S/C21H28N2O3/c1-23(25)21(24)22-16-8-3-2-4-9-17-26-20-14-12-19(13-15-20)18-10-6-5-7-11-18/h5-7,10-15,25H,2-4,8-9,16-17H2,1H3,(H,22,24). The summed E-state index contributed by atoms with van der Waals surface area (Å²) < 4.78 is 5.79. The van der Waals surface area contributed by atoms with E-state index in [1.165, 1.54) is 18.2 Å². The molecule has 2 rings (SSSR count). The van der Waals surface area contributed by atoms with Gasteiger partial charge in [0.05, 0.1) is 6.61 Å². The van der Waals surface area contributed by atoms with Gasteiger partial charge in [-0.15, -0.1) is 0 Å². The summed E-state index contributed by atoms with van der Waals surface area (Å²) in [5.74, 6) is 0.903. The minimum Gasteiger partial charge on any atom is -0.494 e. The van der Waals surface area contributed by atoms with Crippen LogP contribution in [0.1, 0.15) is 32.1 Å². The lowest BCUT2D eigenvalue weighted by atomic mass is 10.1. The monoisotopic (exact) mass is 356 g/mol. The van der Waals surface area contributed by atoms with Crippen LogP contribution in [0.5, 0.6) is 5.75 Å². The van der Waals surface area contributed by atoms with E-state index in [-0.39, 0.29) is 0 Å². The van der Waals surface area contributed by atoms with Crippen LogP contribution < -0.4 is 10.1 Å². The van der Waals surface area contributed by atoms with E-state index >= 15 is 0 Å². The lowest BCUT2D eigenvalue weighted by Crippen LogP contribution is -2.35. The Bertz CT molecular complexity index is 642. The zero-order valence-electron chi connectivity index (χ0n) is 15.4. The van der Waals surface area contributed by atoms with Crippen molar-refractivity contribution in [1.29, 1.82) is 0 Å². The minimum absolute atomic E-state index is 0.461. The highest BCUT2D eigenvalue weighted by Crippen LogP contribution is 2.22. The molecular formula is C21H28N2O3. The number of rotatable bonds is 10. The third-order valence-corrected chi connectivity index (χ3v) is 4.12. The van der Waals surface area contributed by atoms with Gasteiger partial charge in [0.25, 0.3) is 0 Å². The maximum absolute atomic E-state index is 11.1.